The summed E-state index contributed by atoms with van der Waals surface area (Å²) in [7, 11) is 3.17. The Bertz CT molecular complexity index is 985. The maximum absolute atomic E-state index is 12.8. The molecule has 0 saturated carbocycles. The minimum absolute atomic E-state index is 0.0899. The summed E-state index contributed by atoms with van der Waals surface area (Å²) >= 11 is 3.38. The van der Waals surface area contributed by atoms with E-state index in [0.717, 1.165) is 15.8 Å². The highest BCUT2D eigenvalue weighted by Crippen LogP contribution is 2.25. The van der Waals surface area contributed by atoms with Crippen LogP contribution in [0.15, 0.2) is 59.2 Å². The van der Waals surface area contributed by atoms with Gasteiger partial charge in [-0.05, 0) is 52.3 Å². The smallest absolute Gasteiger partial charge is 0.257 e. The Balaban J connectivity index is 1.71. The molecule has 8 heteroatoms. The number of aromatic nitrogens is 2. The Hall–Kier alpha value is -3.13. The third kappa shape index (κ3) is 4.40. The molecule has 2 N–H and O–H groups in total. The zero-order valence-electron chi connectivity index (χ0n) is 15.4. The first kappa shape index (κ1) is 19.6. The molecular weight excluding hydrogens is 424 g/mol. The highest BCUT2D eigenvalue weighted by atomic mass is 79.9. The molecule has 7 nitrogen and oxygen atoms in total. The van der Waals surface area contributed by atoms with Crippen molar-refractivity contribution in [1.29, 1.82) is 0 Å². The normalized spacial score (nSPS) is 10.4. The third-order valence-electron chi connectivity index (χ3n) is 4.12. The number of benzene rings is 2. The number of ether oxygens (including phenoxy) is 1. The van der Waals surface area contributed by atoms with Gasteiger partial charge in [0.2, 0.25) is 5.91 Å². The molecule has 28 heavy (non-hydrogen) atoms. The highest BCUT2D eigenvalue weighted by Gasteiger charge is 2.21. The van der Waals surface area contributed by atoms with Crippen molar-refractivity contribution in [2.24, 2.45) is 0 Å². The van der Waals surface area contributed by atoms with Gasteiger partial charge in [0.1, 0.15) is 5.75 Å². The number of aromatic amines is 1. The molecule has 0 bridgehead atoms. The average Bonchev–Trinajstić information content (AvgIpc) is 3.19. The van der Waals surface area contributed by atoms with Crippen LogP contribution in [-0.4, -0.2) is 47.6 Å². The van der Waals surface area contributed by atoms with E-state index in [-0.39, 0.29) is 18.4 Å². The van der Waals surface area contributed by atoms with Crippen molar-refractivity contribution in [3.63, 3.8) is 0 Å². The number of nitrogens with zero attached hydrogens (tertiary/aromatic N) is 2. The highest BCUT2D eigenvalue weighted by molar-refractivity contribution is 9.10. The van der Waals surface area contributed by atoms with E-state index >= 15 is 0 Å². The molecule has 2 amide bonds. The summed E-state index contributed by atoms with van der Waals surface area (Å²) in [5.41, 5.74) is 2.43. The van der Waals surface area contributed by atoms with Crippen LogP contribution in [0.25, 0.3) is 11.3 Å². The van der Waals surface area contributed by atoms with Gasteiger partial charge in [0.15, 0.2) is 0 Å². The maximum Gasteiger partial charge on any atom is 0.257 e. The van der Waals surface area contributed by atoms with Gasteiger partial charge in [0.05, 0.1) is 36.8 Å². The lowest BCUT2D eigenvalue weighted by atomic mass is 10.1. The molecule has 1 heterocycles. The number of carbonyl (C=O) groups is 2. The predicted molar refractivity (Wildman–Crippen MR) is 110 cm³/mol. The van der Waals surface area contributed by atoms with Gasteiger partial charge in [-0.15, -0.1) is 0 Å². The first-order valence-corrected chi connectivity index (χ1v) is 9.26. The van der Waals surface area contributed by atoms with E-state index in [1.807, 2.05) is 30.3 Å². The summed E-state index contributed by atoms with van der Waals surface area (Å²) in [6, 6.07) is 14.6. The fourth-order valence-electron chi connectivity index (χ4n) is 2.67. The predicted octanol–water partition coefficient (Wildman–Crippen LogP) is 3.56. The van der Waals surface area contributed by atoms with E-state index in [1.165, 1.54) is 11.1 Å². The van der Waals surface area contributed by atoms with Crippen molar-refractivity contribution in [2.45, 2.75) is 0 Å². The molecular formula is C20H19BrN4O3. The summed E-state index contributed by atoms with van der Waals surface area (Å²) in [5.74, 6) is 0.121. The number of para-hydroxylation sites is 1. The Morgan fingerprint density at radius 3 is 2.57 bits per heavy atom. The first-order chi connectivity index (χ1) is 13.5. The van der Waals surface area contributed by atoms with Gasteiger partial charge in [-0.25, -0.2) is 0 Å². The SMILES string of the molecule is COc1ccc(-c2[nH]ncc2C(=O)N(C)CC(=O)Nc2ccccc2Br)cc1. The van der Waals surface area contributed by atoms with Gasteiger partial charge in [-0.1, -0.05) is 12.1 Å². The van der Waals surface area contributed by atoms with Crippen LogP contribution in [0.5, 0.6) is 5.75 Å². The largest absolute Gasteiger partial charge is 0.497 e. The van der Waals surface area contributed by atoms with Crippen molar-refractivity contribution >= 4 is 33.4 Å². The van der Waals surface area contributed by atoms with Gasteiger partial charge >= 0.3 is 0 Å². The van der Waals surface area contributed by atoms with E-state index in [1.54, 1.807) is 32.4 Å². The molecule has 0 fully saturated rings. The zero-order chi connectivity index (χ0) is 20.1. The van der Waals surface area contributed by atoms with E-state index in [0.29, 0.717) is 16.9 Å². The number of hydrogen-bond donors (Lipinski definition) is 2. The Kier molecular flexibility index (Phi) is 6.10. The quantitative estimate of drug-likeness (QED) is 0.610. The molecule has 0 aliphatic carbocycles. The summed E-state index contributed by atoms with van der Waals surface area (Å²) in [5, 5.41) is 9.63. The van der Waals surface area contributed by atoms with Crippen LogP contribution < -0.4 is 10.1 Å². The van der Waals surface area contributed by atoms with Gasteiger partial charge < -0.3 is 15.0 Å². The van der Waals surface area contributed by atoms with Crippen LogP contribution in [0.3, 0.4) is 0 Å². The number of hydrogen-bond acceptors (Lipinski definition) is 4. The number of H-pyrrole nitrogens is 1. The number of halogens is 1. The van der Waals surface area contributed by atoms with E-state index in [4.69, 9.17) is 4.74 Å². The molecule has 0 spiro atoms. The van der Waals surface area contributed by atoms with Crippen molar-refractivity contribution in [3.8, 4) is 17.0 Å². The number of anilines is 1. The molecule has 1 aromatic heterocycles. The van der Waals surface area contributed by atoms with Gasteiger partial charge in [0, 0.05) is 17.1 Å². The number of methoxy groups -OCH3 is 1. The summed E-state index contributed by atoms with van der Waals surface area (Å²) in [4.78, 5) is 26.5. The third-order valence-corrected chi connectivity index (χ3v) is 4.82. The van der Waals surface area contributed by atoms with Crippen molar-refractivity contribution in [1.82, 2.24) is 15.1 Å². The molecule has 144 valence electrons. The lowest BCUT2D eigenvalue weighted by Crippen LogP contribution is -2.35. The molecule has 0 aliphatic heterocycles. The minimum Gasteiger partial charge on any atom is -0.497 e. The van der Waals surface area contributed by atoms with Crippen LogP contribution >= 0.6 is 15.9 Å². The fourth-order valence-corrected chi connectivity index (χ4v) is 3.06. The lowest BCUT2D eigenvalue weighted by Gasteiger charge is -2.17. The van der Waals surface area contributed by atoms with Gasteiger partial charge in [-0.3, -0.25) is 14.7 Å². The van der Waals surface area contributed by atoms with Crippen LogP contribution in [0.1, 0.15) is 10.4 Å². The number of nitrogens with one attached hydrogen (secondary N) is 2. The second-order valence-electron chi connectivity index (χ2n) is 6.08. The van der Waals surface area contributed by atoms with E-state index < -0.39 is 0 Å². The minimum atomic E-state index is -0.304. The second kappa shape index (κ2) is 8.71. The Labute approximate surface area is 170 Å². The average molecular weight is 443 g/mol. The maximum atomic E-state index is 12.8. The molecule has 3 rings (SSSR count). The number of amides is 2. The van der Waals surface area contributed by atoms with Crippen molar-refractivity contribution in [3.05, 3.63) is 64.8 Å². The van der Waals surface area contributed by atoms with Crippen molar-refractivity contribution in [2.75, 3.05) is 26.0 Å². The molecule has 0 aliphatic rings. The van der Waals surface area contributed by atoms with Crippen LogP contribution in [0.2, 0.25) is 0 Å². The topological polar surface area (TPSA) is 87.3 Å². The summed E-state index contributed by atoms with van der Waals surface area (Å²) in [6.07, 6.45) is 1.46. The van der Waals surface area contributed by atoms with Gasteiger partial charge in [-0.2, -0.15) is 5.10 Å². The molecule has 0 saturated heterocycles. The number of carbonyl (C=O) groups excluding carboxylic acids is 2. The van der Waals surface area contributed by atoms with E-state index in [2.05, 4.69) is 31.4 Å². The summed E-state index contributed by atoms with van der Waals surface area (Å²) in [6.45, 7) is -0.0899. The van der Waals surface area contributed by atoms with Crippen LogP contribution in [0.4, 0.5) is 5.69 Å². The Morgan fingerprint density at radius 1 is 1.18 bits per heavy atom. The second-order valence-corrected chi connectivity index (χ2v) is 6.93. The molecule has 0 radical (unpaired) electrons. The molecule has 0 unspecified atom stereocenters. The van der Waals surface area contributed by atoms with E-state index in [9.17, 15) is 9.59 Å². The Morgan fingerprint density at radius 2 is 1.89 bits per heavy atom. The first-order valence-electron chi connectivity index (χ1n) is 8.47. The fraction of sp³-hybridized carbons (Fsp3) is 0.150. The lowest BCUT2D eigenvalue weighted by molar-refractivity contribution is -0.116. The molecule has 3 aromatic rings. The van der Waals surface area contributed by atoms with Gasteiger partial charge in [0.25, 0.3) is 5.91 Å². The van der Waals surface area contributed by atoms with Crippen molar-refractivity contribution < 1.29 is 14.3 Å². The molecule has 0 atom stereocenters. The van der Waals surface area contributed by atoms with Crippen LogP contribution in [-0.2, 0) is 4.79 Å². The zero-order valence-corrected chi connectivity index (χ0v) is 17.0. The standard InChI is InChI=1S/C20H19BrN4O3/c1-25(12-18(26)23-17-6-4-3-5-16(17)21)20(27)15-11-22-24-19(15)13-7-9-14(28-2)10-8-13/h3-11H,12H2,1-2H3,(H,22,24)(H,23,26). The number of rotatable bonds is 6. The number of likely N-dealkylation sites (N-methyl/N-ethyl adjacent to an activating group) is 1. The molecule has 2 aromatic carbocycles. The van der Waals surface area contributed by atoms with Crippen LogP contribution in [0, 0.1) is 0 Å². The summed E-state index contributed by atoms with van der Waals surface area (Å²) < 4.78 is 5.93. The monoisotopic (exact) mass is 442 g/mol.